The van der Waals surface area contributed by atoms with Gasteiger partial charge in [-0.25, -0.2) is 4.31 Å². The molecule has 0 aliphatic heterocycles. The summed E-state index contributed by atoms with van der Waals surface area (Å²) in [5, 5.41) is 0. The van der Waals surface area contributed by atoms with Gasteiger partial charge in [0.15, 0.2) is 0 Å². The highest BCUT2D eigenvalue weighted by atomic mass is 32.2. The topological polar surface area (TPSA) is 32.5 Å². The lowest BCUT2D eigenvalue weighted by Crippen LogP contribution is -2.22. The molecule has 0 radical (unpaired) electrons. The first-order valence-electron chi connectivity index (χ1n) is 1.96. The first-order valence-corrected chi connectivity index (χ1v) is 2.70. The van der Waals surface area contributed by atoms with Gasteiger partial charge in [-0.2, -0.15) is 4.41 Å². The van der Waals surface area contributed by atoms with Crippen LogP contribution in [0.15, 0.2) is 0 Å². The molecule has 0 aliphatic rings. The van der Waals surface area contributed by atoms with Gasteiger partial charge in [-0.05, 0) is 14.1 Å². The molecule has 0 saturated carbocycles. The second-order valence-electron chi connectivity index (χ2n) is 1.44. The summed E-state index contributed by atoms with van der Waals surface area (Å²) in [6.45, 7) is 0. The summed E-state index contributed by atoms with van der Waals surface area (Å²) in [6, 6.07) is 0. The summed E-state index contributed by atoms with van der Waals surface area (Å²) in [6.07, 6.45) is 0. The smallest absolute Gasteiger partial charge is 0.0233 e. The molecule has 0 rings (SSSR count). The molecule has 0 atom stereocenters. The summed E-state index contributed by atoms with van der Waals surface area (Å²) >= 11 is 1.45. The van der Waals surface area contributed by atoms with Gasteiger partial charge in [-0.1, -0.05) is 0 Å². The SMILES string of the molecule is CN(C)SN(C)N. The third kappa shape index (κ3) is 6.23. The predicted molar refractivity (Wildman–Crippen MR) is 33.2 cm³/mol. The number of rotatable bonds is 2. The minimum absolute atomic E-state index is 1.45. The average molecular weight is 121 g/mol. The molecular weight excluding hydrogens is 110 g/mol. The van der Waals surface area contributed by atoms with Crippen LogP contribution in [-0.2, 0) is 0 Å². The molecule has 0 heterocycles. The first-order chi connectivity index (χ1) is 3.13. The van der Waals surface area contributed by atoms with Crippen molar-refractivity contribution < 1.29 is 0 Å². The summed E-state index contributed by atoms with van der Waals surface area (Å²) in [4.78, 5) is 0. The minimum atomic E-state index is 1.45. The van der Waals surface area contributed by atoms with Crippen molar-refractivity contribution >= 4 is 12.1 Å². The van der Waals surface area contributed by atoms with E-state index in [1.165, 1.54) is 12.1 Å². The Morgan fingerprint density at radius 1 is 1.29 bits per heavy atom. The number of hydrogen-bond acceptors (Lipinski definition) is 4. The van der Waals surface area contributed by atoms with Crippen molar-refractivity contribution in [1.82, 2.24) is 8.72 Å². The molecule has 3 nitrogen and oxygen atoms in total. The van der Waals surface area contributed by atoms with Crippen LogP contribution >= 0.6 is 12.1 Å². The van der Waals surface area contributed by atoms with E-state index < -0.39 is 0 Å². The van der Waals surface area contributed by atoms with Crippen LogP contribution in [0.1, 0.15) is 0 Å². The van der Waals surface area contributed by atoms with E-state index in [4.69, 9.17) is 5.84 Å². The van der Waals surface area contributed by atoms with E-state index in [0.717, 1.165) is 0 Å². The van der Waals surface area contributed by atoms with Crippen LogP contribution in [0, 0.1) is 0 Å². The van der Waals surface area contributed by atoms with E-state index in [2.05, 4.69) is 0 Å². The maximum absolute atomic E-state index is 5.25. The van der Waals surface area contributed by atoms with E-state index in [1.54, 1.807) is 11.5 Å². The van der Waals surface area contributed by atoms with Gasteiger partial charge < -0.3 is 0 Å². The third-order valence-corrected chi connectivity index (χ3v) is 0.876. The Morgan fingerprint density at radius 3 is 1.71 bits per heavy atom. The second kappa shape index (κ2) is 3.26. The number of nitrogens with two attached hydrogens (primary N) is 1. The van der Waals surface area contributed by atoms with Gasteiger partial charge in [0, 0.05) is 19.2 Å². The fraction of sp³-hybridized carbons (Fsp3) is 1.00. The molecule has 7 heavy (non-hydrogen) atoms. The molecule has 0 bridgehead atoms. The van der Waals surface area contributed by atoms with E-state index in [9.17, 15) is 0 Å². The minimum Gasteiger partial charge on any atom is -0.258 e. The van der Waals surface area contributed by atoms with Crippen molar-refractivity contribution in [1.29, 1.82) is 0 Å². The predicted octanol–water partition coefficient (Wildman–Crippen LogP) is -0.0833. The lowest BCUT2D eigenvalue weighted by molar-refractivity contribution is 0.562. The van der Waals surface area contributed by atoms with Gasteiger partial charge in [-0.3, -0.25) is 5.84 Å². The van der Waals surface area contributed by atoms with Crippen molar-refractivity contribution in [2.75, 3.05) is 21.1 Å². The zero-order valence-corrected chi connectivity index (χ0v) is 5.70. The second-order valence-corrected chi connectivity index (χ2v) is 2.91. The third-order valence-electron chi connectivity index (χ3n) is 0.292. The molecule has 0 aromatic carbocycles. The molecule has 0 saturated heterocycles. The molecular formula is C3H11N3S. The van der Waals surface area contributed by atoms with E-state index in [0.29, 0.717) is 0 Å². The summed E-state index contributed by atoms with van der Waals surface area (Å²) in [5.41, 5.74) is 0. The molecule has 0 amide bonds. The Bertz CT molecular complexity index is 39.4. The standard InChI is InChI=1S/C3H11N3S/c1-5(2)7-6(3)4/h4H2,1-3H3. The summed E-state index contributed by atoms with van der Waals surface area (Å²) in [7, 11) is 5.67. The van der Waals surface area contributed by atoms with E-state index in [-0.39, 0.29) is 0 Å². The Morgan fingerprint density at radius 2 is 1.71 bits per heavy atom. The van der Waals surface area contributed by atoms with Crippen LogP contribution in [0.25, 0.3) is 0 Å². The zero-order chi connectivity index (χ0) is 5.86. The van der Waals surface area contributed by atoms with Crippen LogP contribution in [-0.4, -0.2) is 29.9 Å². The largest absolute Gasteiger partial charge is 0.258 e. The van der Waals surface area contributed by atoms with E-state index in [1.807, 2.05) is 18.4 Å². The summed E-state index contributed by atoms with van der Waals surface area (Å²) < 4.78 is 3.46. The van der Waals surface area contributed by atoms with Crippen molar-refractivity contribution in [2.24, 2.45) is 5.84 Å². The highest BCUT2D eigenvalue weighted by Crippen LogP contribution is 2.01. The maximum Gasteiger partial charge on any atom is 0.0233 e. The molecule has 0 aliphatic carbocycles. The van der Waals surface area contributed by atoms with Crippen LogP contribution in [0.4, 0.5) is 0 Å². The Balaban J connectivity index is 2.95. The quantitative estimate of drug-likeness (QED) is 0.314. The lowest BCUT2D eigenvalue weighted by Gasteiger charge is -2.12. The molecule has 0 fully saturated rings. The van der Waals surface area contributed by atoms with Crippen molar-refractivity contribution in [3.05, 3.63) is 0 Å². The number of hydrogen-bond donors (Lipinski definition) is 1. The van der Waals surface area contributed by atoms with Crippen molar-refractivity contribution in [3.63, 3.8) is 0 Å². The van der Waals surface area contributed by atoms with Gasteiger partial charge >= 0.3 is 0 Å². The van der Waals surface area contributed by atoms with Gasteiger partial charge in [-0.15, -0.1) is 0 Å². The maximum atomic E-state index is 5.25. The normalized spacial score (nSPS) is 11.1. The Hall–Kier alpha value is 0.230. The van der Waals surface area contributed by atoms with Crippen LogP contribution in [0.3, 0.4) is 0 Å². The van der Waals surface area contributed by atoms with Gasteiger partial charge in [0.05, 0.1) is 0 Å². The summed E-state index contributed by atoms with van der Waals surface area (Å²) in [5.74, 6) is 5.25. The molecule has 4 heteroatoms. The fourth-order valence-corrected chi connectivity index (χ4v) is 0.773. The molecule has 0 aromatic rings. The molecule has 0 unspecified atom stereocenters. The molecule has 2 N–H and O–H groups in total. The van der Waals surface area contributed by atoms with Gasteiger partial charge in [0.1, 0.15) is 0 Å². The highest BCUT2D eigenvalue weighted by Gasteiger charge is 1.89. The van der Waals surface area contributed by atoms with E-state index >= 15 is 0 Å². The van der Waals surface area contributed by atoms with Crippen LogP contribution < -0.4 is 5.84 Å². The molecule has 0 spiro atoms. The van der Waals surface area contributed by atoms with Gasteiger partial charge in [0.25, 0.3) is 0 Å². The number of nitrogens with zero attached hydrogens (tertiary/aromatic N) is 2. The number of hydrazine groups is 1. The zero-order valence-electron chi connectivity index (χ0n) is 4.88. The Kier molecular flexibility index (Phi) is 3.37. The first kappa shape index (κ1) is 7.23. The average Bonchev–Trinajstić information content (AvgIpc) is 1.27. The highest BCUT2D eigenvalue weighted by molar-refractivity contribution is 7.94. The van der Waals surface area contributed by atoms with Crippen molar-refractivity contribution in [2.45, 2.75) is 0 Å². The van der Waals surface area contributed by atoms with Gasteiger partial charge in [0.2, 0.25) is 0 Å². The Labute approximate surface area is 48.7 Å². The van der Waals surface area contributed by atoms with Crippen molar-refractivity contribution in [3.8, 4) is 0 Å². The monoisotopic (exact) mass is 121 g/mol. The van der Waals surface area contributed by atoms with Crippen LogP contribution in [0.2, 0.25) is 0 Å². The van der Waals surface area contributed by atoms with Crippen LogP contribution in [0.5, 0.6) is 0 Å². The lowest BCUT2D eigenvalue weighted by atomic mass is 11.3. The molecule has 44 valence electrons. The fourth-order valence-electron chi connectivity index (χ4n) is 0.258. The molecule has 0 aromatic heterocycles.